The second-order valence-electron chi connectivity index (χ2n) is 8.02. The maximum absolute atomic E-state index is 12.5. The number of hydrogen-bond donors (Lipinski definition) is 1. The Kier molecular flexibility index (Phi) is 7.39. The quantitative estimate of drug-likeness (QED) is 0.468. The van der Waals surface area contributed by atoms with Gasteiger partial charge < -0.3 is 15.0 Å². The Bertz CT molecular complexity index is 1110. The lowest BCUT2D eigenvalue weighted by molar-refractivity contribution is 0.140. The van der Waals surface area contributed by atoms with Gasteiger partial charge in [-0.25, -0.2) is 18.4 Å². The Balaban J connectivity index is 1.33. The van der Waals surface area contributed by atoms with Crippen molar-refractivity contribution in [3.63, 3.8) is 0 Å². The van der Waals surface area contributed by atoms with Crippen molar-refractivity contribution in [2.75, 3.05) is 43.9 Å². The fraction of sp³-hybridized carbons (Fsp3) is 0.478. The molecule has 0 atom stereocenters. The SMILES string of the molecule is CCOCCn1c(NC2CCN(CCS(=O)(=O)c3ccccc3)CC2)nc2cccnc21. The molecule has 32 heavy (non-hydrogen) atoms. The number of imidazole rings is 1. The van der Waals surface area contributed by atoms with Crippen molar-refractivity contribution in [1.29, 1.82) is 0 Å². The summed E-state index contributed by atoms with van der Waals surface area (Å²) < 4.78 is 32.7. The van der Waals surface area contributed by atoms with Crippen LogP contribution in [0.3, 0.4) is 0 Å². The maximum atomic E-state index is 12.5. The molecule has 0 bridgehead atoms. The topological polar surface area (TPSA) is 89.4 Å². The van der Waals surface area contributed by atoms with E-state index in [0.717, 1.165) is 43.0 Å². The van der Waals surface area contributed by atoms with Crippen LogP contribution in [0.4, 0.5) is 5.95 Å². The molecule has 0 spiro atoms. The Morgan fingerprint density at radius 2 is 1.88 bits per heavy atom. The number of anilines is 1. The molecule has 9 heteroatoms. The number of ether oxygens (including phenoxy) is 1. The van der Waals surface area contributed by atoms with E-state index in [2.05, 4.69) is 19.8 Å². The summed E-state index contributed by atoms with van der Waals surface area (Å²) in [6.45, 7) is 6.25. The number of likely N-dealkylation sites (tertiary alicyclic amines) is 1. The lowest BCUT2D eigenvalue weighted by atomic mass is 10.1. The van der Waals surface area contributed by atoms with E-state index in [1.165, 1.54) is 0 Å². The summed E-state index contributed by atoms with van der Waals surface area (Å²) in [4.78, 5) is 11.9. The number of nitrogens with one attached hydrogen (secondary N) is 1. The molecule has 172 valence electrons. The summed E-state index contributed by atoms with van der Waals surface area (Å²) in [6.07, 6.45) is 3.66. The fourth-order valence-electron chi connectivity index (χ4n) is 4.06. The number of hydrogen-bond acceptors (Lipinski definition) is 7. The van der Waals surface area contributed by atoms with Crippen LogP contribution in [0.2, 0.25) is 0 Å². The van der Waals surface area contributed by atoms with Gasteiger partial charge in [0.1, 0.15) is 5.52 Å². The minimum Gasteiger partial charge on any atom is -0.380 e. The summed E-state index contributed by atoms with van der Waals surface area (Å²) >= 11 is 0. The first kappa shape index (κ1) is 22.7. The normalized spacial score (nSPS) is 15.9. The van der Waals surface area contributed by atoms with Crippen molar-refractivity contribution >= 4 is 26.9 Å². The third kappa shape index (κ3) is 5.46. The highest BCUT2D eigenvalue weighted by Crippen LogP contribution is 2.21. The standard InChI is InChI=1S/C23H31N5O3S/c1-2-31-17-15-28-22-21(9-6-12-24-22)26-23(28)25-19-10-13-27(14-11-19)16-18-32(29,30)20-7-4-3-5-8-20/h3-9,12,19H,2,10-11,13-18H2,1H3,(H,25,26). The van der Waals surface area contributed by atoms with Gasteiger partial charge >= 0.3 is 0 Å². The zero-order valence-electron chi connectivity index (χ0n) is 18.5. The lowest BCUT2D eigenvalue weighted by Gasteiger charge is -2.32. The first-order valence-electron chi connectivity index (χ1n) is 11.2. The predicted molar refractivity (Wildman–Crippen MR) is 126 cm³/mol. The van der Waals surface area contributed by atoms with Crippen LogP contribution < -0.4 is 5.32 Å². The molecule has 3 heterocycles. The summed E-state index contributed by atoms with van der Waals surface area (Å²) in [5.74, 6) is 0.970. The Morgan fingerprint density at radius 1 is 1.09 bits per heavy atom. The van der Waals surface area contributed by atoms with Gasteiger partial charge in [-0.1, -0.05) is 18.2 Å². The molecule has 4 rings (SSSR count). The largest absolute Gasteiger partial charge is 0.380 e. The highest BCUT2D eigenvalue weighted by molar-refractivity contribution is 7.91. The molecule has 1 aliphatic rings. The van der Waals surface area contributed by atoms with Crippen LogP contribution >= 0.6 is 0 Å². The number of pyridine rings is 1. The first-order valence-corrected chi connectivity index (χ1v) is 12.9. The average Bonchev–Trinajstić information content (AvgIpc) is 3.16. The zero-order chi connectivity index (χ0) is 22.4. The molecule has 1 N–H and O–H groups in total. The van der Waals surface area contributed by atoms with E-state index in [-0.39, 0.29) is 5.75 Å². The van der Waals surface area contributed by atoms with Crippen molar-refractivity contribution in [1.82, 2.24) is 19.4 Å². The van der Waals surface area contributed by atoms with Crippen LogP contribution in [0.15, 0.2) is 53.6 Å². The number of aromatic nitrogens is 3. The third-order valence-electron chi connectivity index (χ3n) is 5.87. The fourth-order valence-corrected chi connectivity index (χ4v) is 5.37. The Hall–Kier alpha value is -2.49. The molecule has 0 unspecified atom stereocenters. The summed E-state index contributed by atoms with van der Waals surface area (Å²) in [6, 6.07) is 12.9. The molecule has 0 amide bonds. The molecule has 1 aliphatic heterocycles. The highest BCUT2D eigenvalue weighted by atomic mass is 32.2. The monoisotopic (exact) mass is 457 g/mol. The summed E-state index contributed by atoms with van der Waals surface area (Å²) in [5, 5.41) is 3.60. The number of nitrogens with zero attached hydrogens (tertiary/aromatic N) is 4. The van der Waals surface area contributed by atoms with Gasteiger partial charge in [-0.15, -0.1) is 0 Å². The van der Waals surface area contributed by atoms with Gasteiger partial charge in [0.15, 0.2) is 15.5 Å². The van der Waals surface area contributed by atoms with Gasteiger partial charge in [0.25, 0.3) is 0 Å². The average molecular weight is 458 g/mol. The van der Waals surface area contributed by atoms with E-state index in [1.807, 2.05) is 25.1 Å². The second-order valence-corrected chi connectivity index (χ2v) is 10.1. The molecule has 1 aromatic carbocycles. The van der Waals surface area contributed by atoms with E-state index in [4.69, 9.17) is 9.72 Å². The number of rotatable bonds is 10. The minimum atomic E-state index is -3.24. The van der Waals surface area contributed by atoms with Crippen LogP contribution in [0, 0.1) is 0 Å². The van der Waals surface area contributed by atoms with Crippen molar-refractivity contribution in [3.05, 3.63) is 48.7 Å². The van der Waals surface area contributed by atoms with Crippen LogP contribution in [-0.4, -0.2) is 72.5 Å². The van der Waals surface area contributed by atoms with Gasteiger partial charge in [0.05, 0.1) is 23.8 Å². The van der Waals surface area contributed by atoms with E-state index >= 15 is 0 Å². The molecule has 2 aromatic heterocycles. The smallest absolute Gasteiger partial charge is 0.205 e. The Labute approximate surface area is 189 Å². The van der Waals surface area contributed by atoms with Gasteiger partial charge in [0, 0.05) is 38.5 Å². The molecule has 1 fully saturated rings. The van der Waals surface area contributed by atoms with Gasteiger partial charge in [-0.2, -0.15) is 0 Å². The molecule has 0 radical (unpaired) electrons. The van der Waals surface area contributed by atoms with Crippen LogP contribution in [-0.2, 0) is 21.1 Å². The van der Waals surface area contributed by atoms with Gasteiger partial charge in [-0.05, 0) is 44.0 Å². The van der Waals surface area contributed by atoms with E-state index in [9.17, 15) is 8.42 Å². The molecular formula is C23H31N5O3S. The molecule has 0 saturated carbocycles. The second kappa shape index (κ2) is 10.4. The van der Waals surface area contributed by atoms with E-state index in [0.29, 0.717) is 37.2 Å². The summed E-state index contributed by atoms with van der Waals surface area (Å²) in [7, 11) is -3.24. The minimum absolute atomic E-state index is 0.147. The van der Waals surface area contributed by atoms with E-state index < -0.39 is 9.84 Å². The molecule has 1 saturated heterocycles. The molecule has 0 aliphatic carbocycles. The van der Waals surface area contributed by atoms with Crippen LogP contribution in [0.25, 0.3) is 11.2 Å². The molecular weight excluding hydrogens is 426 g/mol. The van der Waals surface area contributed by atoms with Crippen molar-refractivity contribution in [2.24, 2.45) is 0 Å². The maximum Gasteiger partial charge on any atom is 0.205 e. The predicted octanol–water partition coefficient (Wildman–Crippen LogP) is 2.82. The van der Waals surface area contributed by atoms with E-state index in [1.54, 1.807) is 30.5 Å². The highest BCUT2D eigenvalue weighted by Gasteiger charge is 2.23. The number of piperidine rings is 1. The first-order chi connectivity index (χ1) is 15.6. The third-order valence-corrected chi connectivity index (χ3v) is 7.58. The van der Waals surface area contributed by atoms with Crippen LogP contribution in [0.1, 0.15) is 19.8 Å². The van der Waals surface area contributed by atoms with Crippen molar-refractivity contribution in [3.8, 4) is 0 Å². The lowest BCUT2D eigenvalue weighted by Crippen LogP contribution is -2.41. The summed E-state index contributed by atoms with van der Waals surface area (Å²) in [5.41, 5.74) is 1.73. The van der Waals surface area contributed by atoms with Crippen molar-refractivity contribution in [2.45, 2.75) is 37.2 Å². The number of sulfone groups is 1. The molecule has 8 nitrogen and oxygen atoms in total. The number of benzene rings is 1. The van der Waals surface area contributed by atoms with Gasteiger partial charge in [0.2, 0.25) is 5.95 Å². The Morgan fingerprint density at radius 3 is 2.62 bits per heavy atom. The number of fused-ring (bicyclic) bond motifs is 1. The zero-order valence-corrected chi connectivity index (χ0v) is 19.3. The van der Waals surface area contributed by atoms with Crippen LogP contribution in [0.5, 0.6) is 0 Å². The molecule has 3 aromatic rings. The van der Waals surface area contributed by atoms with Crippen molar-refractivity contribution < 1.29 is 13.2 Å². The van der Waals surface area contributed by atoms with Gasteiger partial charge in [-0.3, -0.25) is 4.57 Å².